The Kier molecular flexibility index (Phi) is 3.07. The van der Waals surface area contributed by atoms with Gasteiger partial charge < -0.3 is 5.11 Å². The molecule has 0 saturated heterocycles. The SMILES string of the molecule is CC1(C/C(O)=C/[N+]#N)C=CCCC1. The summed E-state index contributed by atoms with van der Waals surface area (Å²) >= 11 is 0. The maximum absolute atomic E-state index is 9.34. The molecule has 1 aliphatic carbocycles. The first-order valence-corrected chi connectivity index (χ1v) is 4.56. The third-order valence-corrected chi connectivity index (χ3v) is 2.43. The first kappa shape index (κ1) is 9.79. The maximum atomic E-state index is 9.34. The lowest BCUT2D eigenvalue weighted by Crippen LogP contribution is -2.16. The molecule has 0 fully saturated rings. The molecule has 0 aliphatic heterocycles. The van der Waals surface area contributed by atoms with Crippen molar-refractivity contribution in [3.63, 3.8) is 0 Å². The lowest BCUT2D eigenvalue weighted by molar-refractivity contribution is 0.287. The van der Waals surface area contributed by atoms with Crippen molar-refractivity contribution in [3.05, 3.63) is 29.1 Å². The van der Waals surface area contributed by atoms with Crippen molar-refractivity contribution in [2.24, 2.45) is 5.41 Å². The highest BCUT2D eigenvalue weighted by Gasteiger charge is 2.25. The molecule has 70 valence electrons. The normalized spacial score (nSPS) is 28.5. The van der Waals surface area contributed by atoms with Gasteiger partial charge in [-0.25, -0.2) is 0 Å². The molecule has 3 nitrogen and oxygen atoms in total. The first-order valence-electron chi connectivity index (χ1n) is 4.56. The topological polar surface area (TPSA) is 48.4 Å². The van der Waals surface area contributed by atoms with Gasteiger partial charge in [-0.3, -0.25) is 0 Å². The Morgan fingerprint density at radius 2 is 2.54 bits per heavy atom. The smallest absolute Gasteiger partial charge is 0.387 e. The number of allylic oxidation sites excluding steroid dienone is 3. The molecular weight excluding hydrogens is 164 g/mol. The van der Waals surface area contributed by atoms with Crippen LogP contribution in [0.25, 0.3) is 4.98 Å². The van der Waals surface area contributed by atoms with Gasteiger partial charge in [0, 0.05) is 6.42 Å². The Labute approximate surface area is 78.4 Å². The molecule has 0 bridgehead atoms. The van der Waals surface area contributed by atoms with Crippen molar-refractivity contribution in [2.75, 3.05) is 0 Å². The fraction of sp³-hybridized carbons (Fsp3) is 0.600. The molecule has 0 heterocycles. The van der Waals surface area contributed by atoms with Crippen molar-refractivity contribution < 1.29 is 5.11 Å². The summed E-state index contributed by atoms with van der Waals surface area (Å²) < 4.78 is 0. The fourth-order valence-corrected chi connectivity index (χ4v) is 1.75. The average molecular weight is 179 g/mol. The molecule has 0 aromatic carbocycles. The highest BCUT2D eigenvalue weighted by Crippen LogP contribution is 2.35. The van der Waals surface area contributed by atoms with Crippen LogP contribution in [-0.2, 0) is 0 Å². The van der Waals surface area contributed by atoms with Gasteiger partial charge >= 0.3 is 6.20 Å². The highest BCUT2D eigenvalue weighted by atomic mass is 16.3. The van der Waals surface area contributed by atoms with Gasteiger partial charge in [-0.1, -0.05) is 19.1 Å². The number of aliphatic hydroxyl groups excluding tert-OH is 1. The molecule has 0 spiro atoms. The first-order chi connectivity index (χ1) is 6.16. The van der Waals surface area contributed by atoms with Crippen molar-refractivity contribution in [2.45, 2.75) is 32.6 Å². The summed E-state index contributed by atoms with van der Waals surface area (Å²) in [5.74, 6) is 0.136. The number of rotatable bonds is 2. The van der Waals surface area contributed by atoms with Crippen LogP contribution in [0.4, 0.5) is 0 Å². The zero-order valence-corrected chi connectivity index (χ0v) is 7.90. The van der Waals surface area contributed by atoms with Crippen molar-refractivity contribution in [1.29, 1.82) is 5.39 Å². The minimum atomic E-state index is 0.0313. The van der Waals surface area contributed by atoms with Crippen molar-refractivity contribution >= 4 is 0 Å². The molecular formula is C10H15N2O+. The van der Waals surface area contributed by atoms with Gasteiger partial charge in [-0.2, -0.15) is 0 Å². The minimum absolute atomic E-state index is 0.0313. The molecule has 1 atom stereocenters. The lowest BCUT2D eigenvalue weighted by atomic mass is 9.78. The van der Waals surface area contributed by atoms with Crippen LogP contribution in [0.3, 0.4) is 0 Å². The van der Waals surface area contributed by atoms with Gasteiger partial charge in [0.05, 0.1) is 0 Å². The Balaban J connectivity index is 2.62. The van der Waals surface area contributed by atoms with Crippen molar-refractivity contribution in [3.8, 4) is 0 Å². The highest BCUT2D eigenvalue weighted by molar-refractivity contribution is 5.08. The van der Waals surface area contributed by atoms with Gasteiger partial charge in [-0.05, 0) is 24.7 Å². The van der Waals surface area contributed by atoms with Crippen LogP contribution in [0.1, 0.15) is 32.6 Å². The second kappa shape index (κ2) is 4.08. The van der Waals surface area contributed by atoms with Crippen LogP contribution in [-0.4, -0.2) is 5.11 Å². The van der Waals surface area contributed by atoms with E-state index in [0.717, 1.165) is 25.5 Å². The predicted octanol–water partition coefficient (Wildman–Crippen LogP) is 3.38. The molecule has 13 heavy (non-hydrogen) atoms. The molecule has 1 aliphatic rings. The van der Waals surface area contributed by atoms with Gasteiger partial charge in [0.25, 0.3) is 0 Å². The Morgan fingerprint density at radius 1 is 1.77 bits per heavy atom. The van der Waals surface area contributed by atoms with E-state index in [0.29, 0.717) is 6.42 Å². The maximum Gasteiger partial charge on any atom is 0.387 e. The van der Waals surface area contributed by atoms with E-state index < -0.39 is 0 Å². The third-order valence-electron chi connectivity index (χ3n) is 2.43. The second-order valence-corrected chi connectivity index (χ2v) is 3.86. The van der Waals surface area contributed by atoms with E-state index in [2.05, 4.69) is 24.1 Å². The van der Waals surface area contributed by atoms with Crippen LogP contribution in [0.15, 0.2) is 24.1 Å². The molecule has 3 heteroatoms. The van der Waals surface area contributed by atoms with Crippen LogP contribution in [0.2, 0.25) is 0 Å². The number of aliphatic hydroxyl groups is 1. The van der Waals surface area contributed by atoms with Crippen LogP contribution < -0.4 is 0 Å². The van der Waals surface area contributed by atoms with E-state index >= 15 is 0 Å². The molecule has 0 aromatic rings. The summed E-state index contributed by atoms with van der Waals surface area (Å²) in [5, 5.41) is 17.6. The van der Waals surface area contributed by atoms with Gasteiger partial charge in [0.2, 0.25) is 5.39 Å². The Hall–Kier alpha value is -1.30. The second-order valence-electron chi connectivity index (χ2n) is 3.86. The zero-order chi connectivity index (χ0) is 9.73. The number of diazo groups is 1. The van der Waals surface area contributed by atoms with E-state index in [4.69, 9.17) is 5.39 Å². The van der Waals surface area contributed by atoms with Gasteiger partial charge in [-0.15, -0.1) is 0 Å². The Morgan fingerprint density at radius 3 is 3.08 bits per heavy atom. The largest absolute Gasteiger partial charge is 0.505 e. The molecule has 0 saturated carbocycles. The molecule has 1 unspecified atom stereocenters. The monoisotopic (exact) mass is 179 g/mol. The van der Waals surface area contributed by atoms with Crippen LogP contribution >= 0.6 is 0 Å². The molecule has 1 rings (SSSR count). The molecule has 0 radical (unpaired) electrons. The zero-order valence-electron chi connectivity index (χ0n) is 7.90. The number of hydrogen-bond acceptors (Lipinski definition) is 2. The van der Waals surface area contributed by atoms with E-state index in [9.17, 15) is 5.11 Å². The lowest BCUT2D eigenvalue weighted by Gasteiger charge is -2.27. The number of nitrogens with zero attached hydrogens (tertiary/aromatic N) is 2. The fourth-order valence-electron chi connectivity index (χ4n) is 1.75. The quantitative estimate of drug-likeness (QED) is 0.401. The summed E-state index contributed by atoms with van der Waals surface area (Å²) in [6.45, 7) is 2.10. The summed E-state index contributed by atoms with van der Waals surface area (Å²) in [4.78, 5) is 2.80. The van der Waals surface area contributed by atoms with Gasteiger partial charge in [0.1, 0.15) is 0 Å². The van der Waals surface area contributed by atoms with E-state index in [-0.39, 0.29) is 11.2 Å². The van der Waals surface area contributed by atoms with E-state index in [1.54, 1.807) is 0 Å². The van der Waals surface area contributed by atoms with Crippen LogP contribution in [0.5, 0.6) is 0 Å². The predicted molar refractivity (Wildman–Crippen MR) is 51.5 cm³/mol. The summed E-state index contributed by atoms with van der Waals surface area (Å²) in [7, 11) is 0. The van der Waals surface area contributed by atoms with Crippen LogP contribution in [0, 0.1) is 10.8 Å². The third kappa shape index (κ3) is 2.90. The van der Waals surface area contributed by atoms with E-state index in [1.807, 2.05) is 0 Å². The van der Waals surface area contributed by atoms with E-state index in [1.165, 1.54) is 0 Å². The summed E-state index contributed by atoms with van der Waals surface area (Å²) in [5.41, 5.74) is 0.0313. The average Bonchev–Trinajstić information content (AvgIpc) is 2.04. The summed E-state index contributed by atoms with van der Waals surface area (Å²) in [6, 6.07) is 0. The number of hydrogen-bond donors (Lipinski definition) is 1. The standard InChI is InChI=1S/C10H14N2O/c1-10(5-3-2-4-6-10)7-9(13)8-12-11/h3,5,8H,2,4,6-7H2,1H3/p+1/b9-8-. The minimum Gasteiger partial charge on any atom is -0.505 e. The summed E-state index contributed by atoms with van der Waals surface area (Å²) in [6.07, 6.45) is 9.29. The van der Waals surface area contributed by atoms with Crippen molar-refractivity contribution in [1.82, 2.24) is 0 Å². The molecule has 1 N–H and O–H groups in total. The van der Waals surface area contributed by atoms with Gasteiger partial charge in [0.15, 0.2) is 10.7 Å². The molecule has 0 amide bonds. The Bertz CT molecular complexity index is 275. The molecule has 0 aromatic heterocycles.